The minimum absolute atomic E-state index is 0.230. The van der Waals surface area contributed by atoms with Crippen LogP contribution < -0.4 is 5.32 Å². The molecular weight excluding hydrogens is 212 g/mol. The quantitative estimate of drug-likeness (QED) is 0.877. The van der Waals surface area contributed by atoms with E-state index in [9.17, 15) is 4.79 Å². The van der Waals surface area contributed by atoms with Gasteiger partial charge in [0.25, 0.3) is 0 Å². The van der Waals surface area contributed by atoms with Gasteiger partial charge in [0.05, 0.1) is 0 Å². The highest BCUT2D eigenvalue weighted by atomic mass is 16.1. The van der Waals surface area contributed by atoms with Crippen molar-refractivity contribution >= 4 is 5.78 Å². The van der Waals surface area contributed by atoms with Crippen LogP contribution in [0.4, 0.5) is 0 Å². The van der Waals surface area contributed by atoms with Gasteiger partial charge in [-0.2, -0.15) is 0 Å². The lowest BCUT2D eigenvalue weighted by atomic mass is 10.1. The molecule has 0 aliphatic carbocycles. The van der Waals surface area contributed by atoms with Gasteiger partial charge in [-0.05, 0) is 38.6 Å². The van der Waals surface area contributed by atoms with E-state index in [4.69, 9.17) is 0 Å². The molecule has 0 fully saturated rings. The summed E-state index contributed by atoms with van der Waals surface area (Å²) < 4.78 is 0. The van der Waals surface area contributed by atoms with Crippen molar-refractivity contribution in [3.8, 4) is 0 Å². The molecule has 0 saturated heterocycles. The van der Waals surface area contributed by atoms with Crippen molar-refractivity contribution in [3.63, 3.8) is 0 Å². The Morgan fingerprint density at radius 2 is 2.00 bits per heavy atom. The molecule has 0 bridgehead atoms. The lowest BCUT2D eigenvalue weighted by Gasteiger charge is -1.95. The van der Waals surface area contributed by atoms with E-state index in [0.29, 0.717) is 6.42 Å². The molecule has 0 aliphatic rings. The minimum atomic E-state index is 0.230. The molecule has 0 amide bonds. The molecule has 0 radical (unpaired) electrons. The first kappa shape index (κ1) is 18.2. The molecule has 98 valence electrons. The molecule has 3 heteroatoms. The molecule has 17 heavy (non-hydrogen) atoms. The monoisotopic (exact) mass is 238 g/mol. The van der Waals surface area contributed by atoms with Crippen molar-refractivity contribution in [2.75, 3.05) is 13.6 Å². The van der Waals surface area contributed by atoms with E-state index in [1.54, 1.807) is 19.3 Å². The second-order valence-electron chi connectivity index (χ2n) is 3.27. The van der Waals surface area contributed by atoms with Gasteiger partial charge in [0.2, 0.25) is 0 Å². The molecule has 3 nitrogen and oxygen atoms in total. The number of ketones is 1. The van der Waals surface area contributed by atoms with Crippen molar-refractivity contribution in [2.24, 2.45) is 0 Å². The molecular formula is C14H26N2O. The smallest absolute Gasteiger partial charge is 0.130 e. The number of rotatable bonds is 4. The summed E-state index contributed by atoms with van der Waals surface area (Å²) >= 11 is 0. The van der Waals surface area contributed by atoms with Crippen LogP contribution in [0.5, 0.6) is 0 Å². The average molecular weight is 238 g/mol. The number of nitrogens with one attached hydrogen (secondary N) is 1. The predicted octanol–water partition coefficient (Wildman–Crippen LogP) is 2.86. The number of nitrogens with zero attached hydrogens (tertiary/aromatic N) is 1. The third-order valence-electron chi connectivity index (χ3n) is 1.84. The van der Waals surface area contributed by atoms with E-state index in [-0.39, 0.29) is 5.78 Å². The van der Waals surface area contributed by atoms with E-state index in [2.05, 4.69) is 17.2 Å². The summed E-state index contributed by atoms with van der Waals surface area (Å²) in [6, 6.07) is 3.87. The largest absolute Gasteiger partial charge is 0.320 e. The maximum Gasteiger partial charge on any atom is 0.130 e. The van der Waals surface area contributed by atoms with Crippen LogP contribution in [-0.2, 0) is 11.2 Å². The highest BCUT2D eigenvalue weighted by Crippen LogP contribution is 1.99. The second kappa shape index (κ2) is 14.8. The lowest BCUT2D eigenvalue weighted by Crippen LogP contribution is -2.01. The number of pyridine rings is 1. The van der Waals surface area contributed by atoms with Gasteiger partial charge >= 0.3 is 0 Å². The Balaban J connectivity index is 0. The zero-order valence-corrected chi connectivity index (χ0v) is 11.8. The van der Waals surface area contributed by atoms with Crippen molar-refractivity contribution in [1.29, 1.82) is 0 Å². The van der Waals surface area contributed by atoms with Crippen molar-refractivity contribution < 1.29 is 4.79 Å². The van der Waals surface area contributed by atoms with E-state index in [0.717, 1.165) is 18.5 Å². The molecule has 1 aromatic heterocycles. The molecule has 1 N–H and O–H groups in total. The van der Waals surface area contributed by atoms with Crippen LogP contribution in [0.1, 0.15) is 39.7 Å². The minimum Gasteiger partial charge on any atom is -0.320 e. The van der Waals surface area contributed by atoms with E-state index in [1.807, 2.05) is 33.0 Å². The molecule has 1 heterocycles. The molecule has 0 saturated carbocycles. The van der Waals surface area contributed by atoms with Gasteiger partial charge in [0.15, 0.2) is 0 Å². The second-order valence-corrected chi connectivity index (χ2v) is 3.27. The number of aryl methyl sites for hydroxylation is 1. The molecule has 1 aromatic rings. The molecule has 0 aliphatic heterocycles. The molecule has 0 aromatic carbocycles. The number of carbonyl (C=O) groups is 1. The van der Waals surface area contributed by atoms with Gasteiger partial charge in [0, 0.05) is 18.8 Å². The zero-order chi connectivity index (χ0) is 13.5. The SMILES string of the molecule is CC.CC(=O)CCc1cccnc1.CCNC. The summed E-state index contributed by atoms with van der Waals surface area (Å²) in [7, 11) is 1.93. The van der Waals surface area contributed by atoms with Gasteiger partial charge in [-0.3, -0.25) is 4.98 Å². The topological polar surface area (TPSA) is 42.0 Å². The Hall–Kier alpha value is -1.22. The zero-order valence-electron chi connectivity index (χ0n) is 11.8. The highest BCUT2D eigenvalue weighted by molar-refractivity contribution is 5.75. The fraction of sp³-hybridized carbons (Fsp3) is 0.571. The Morgan fingerprint density at radius 3 is 2.35 bits per heavy atom. The summed E-state index contributed by atoms with van der Waals surface area (Å²) in [4.78, 5) is 14.5. The fourth-order valence-corrected chi connectivity index (χ4v) is 0.866. The Morgan fingerprint density at radius 1 is 1.41 bits per heavy atom. The summed E-state index contributed by atoms with van der Waals surface area (Å²) in [5, 5.41) is 2.93. The van der Waals surface area contributed by atoms with Gasteiger partial charge in [0.1, 0.15) is 5.78 Å². The van der Waals surface area contributed by atoms with Crippen molar-refractivity contribution in [3.05, 3.63) is 30.1 Å². The van der Waals surface area contributed by atoms with Crippen LogP contribution in [-0.4, -0.2) is 24.4 Å². The van der Waals surface area contributed by atoms with Gasteiger partial charge in [-0.25, -0.2) is 0 Å². The van der Waals surface area contributed by atoms with Crippen LogP contribution in [0, 0.1) is 0 Å². The van der Waals surface area contributed by atoms with Crippen LogP contribution in [0.3, 0.4) is 0 Å². The van der Waals surface area contributed by atoms with Gasteiger partial charge < -0.3 is 10.1 Å². The lowest BCUT2D eigenvalue weighted by molar-refractivity contribution is -0.116. The summed E-state index contributed by atoms with van der Waals surface area (Å²) in [6.07, 6.45) is 4.95. The van der Waals surface area contributed by atoms with Crippen LogP contribution in [0.15, 0.2) is 24.5 Å². The van der Waals surface area contributed by atoms with Crippen LogP contribution in [0.25, 0.3) is 0 Å². The standard InChI is InChI=1S/C9H11NO.C3H9N.C2H6/c1-8(11)4-5-9-3-2-6-10-7-9;1-3-4-2;1-2/h2-3,6-7H,4-5H2,1H3;4H,3H2,1-2H3;1-2H3. The van der Waals surface area contributed by atoms with Gasteiger partial charge in [-0.15, -0.1) is 0 Å². The highest BCUT2D eigenvalue weighted by Gasteiger charge is 1.94. The van der Waals surface area contributed by atoms with Crippen molar-refractivity contribution in [2.45, 2.75) is 40.5 Å². The van der Waals surface area contributed by atoms with Crippen molar-refractivity contribution in [1.82, 2.24) is 10.3 Å². The molecule has 1 rings (SSSR count). The molecule has 0 atom stereocenters. The van der Waals surface area contributed by atoms with Crippen LogP contribution >= 0.6 is 0 Å². The maximum atomic E-state index is 10.6. The fourth-order valence-electron chi connectivity index (χ4n) is 0.866. The number of Topliss-reactive ketones (excluding diaryl/α,β-unsaturated/α-hetero) is 1. The number of carbonyl (C=O) groups excluding carboxylic acids is 1. The first-order valence-corrected chi connectivity index (χ1v) is 6.23. The maximum absolute atomic E-state index is 10.6. The van der Waals surface area contributed by atoms with E-state index in [1.165, 1.54) is 0 Å². The molecule has 0 unspecified atom stereocenters. The number of hydrogen-bond acceptors (Lipinski definition) is 3. The van der Waals surface area contributed by atoms with E-state index < -0.39 is 0 Å². The number of hydrogen-bond donors (Lipinski definition) is 1. The third kappa shape index (κ3) is 14.8. The predicted molar refractivity (Wildman–Crippen MR) is 74.2 cm³/mol. The van der Waals surface area contributed by atoms with Crippen LogP contribution in [0.2, 0.25) is 0 Å². The third-order valence-corrected chi connectivity index (χ3v) is 1.84. The summed E-state index contributed by atoms with van der Waals surface area (Å²) in [5.74, 6) is 0.230. The molecule has 0 spiro atoms. The Labute approximate surface area is 106 Å². The normalized spacial score (nSPS) is 8.29. The first-order chi connectivity index (χ1) is 8.20. The number of aromatic nitrogens is 1. The Bertz CT molecular complexity index is 258. The summed E-state index contributed by atoms with van der Waals surface area (Å²) in [5.41, 5.74) is 1.13. The Kier molecular flexibility index (Phi) is 15.8. The van der Waals surface area contributed by atoms with E-state index >= 15 is 0 Å². The average Bonchev–Trinajstić information content (AvgIpc) is 2.40. The first-order valence-electron chi connectivity index (χ1n) is 6.23. The summed E-state index contributed by atoms with van der Waals surface area (Å²) in [6.45, 7) is 8.75. The van der Waals surface area contributed by atoms with Gasteiger partial charge in [-0.1, -0.05) is 26.8 Å².